The first-order valence-electron chi connectivity index (χ1n) is 11.5. The maximum Gasteiger partial charge on any atom is 0.266 e. The average molecular weight is 472 g/mol. The number of aromatic nitrogens is 4. The van der Waals surface area contributed by atoms with Crippen molar-refractivity contribution in [2.75, 3.05) is 16.4 Å². The molecule has 1 aliphatic heterocycles. The number of nitrogens with zero attached hydrogens (tertiary/aromatic N) is 4. The number of benzene rings is 1. The van der Waals surface area contributed by atoms with Gasteiger partial charge in [0.15, 0.2) is 0 Å². The number of anilines is 3. The van der Waals surface area contributed by atoms with Crippen LogP contribution in [0.25, 0.3) is 16.8 Å². The van der Waals surface area contributed by atoms with Crippen LogP contribution in [0.1, 0.15) is 43.3 Å². The van der Waals surface area contributed by atoms with Gasteiger partial charge in [-0.15, -0.1) is 0 Å². The lowest BCUT2D eigenvalue weighted by Gasteiger charge is -2.23. The molecule has 0 spiro atoms. The Morgan fingerprint density at radius 2 is 2.00 bits per heavy atom. The van der Waals surface area contributed by atoms with E-state index in [1.54, 1.807) is 22.6 Å². The molecule has 178 valence electrons. The lowest BCUT2D eigenvalue weighted by atomic mass is 9.99. The fraction of sp³-hybridized carbons (Fsp3) is 0.231. The van der Waals surface area contributed by atoms with Gasteiger partial charge in [0.2, 0.25) is 5.95 Å². The van der Waals surface area contributed by atoms with Crippen molar-refractivity contribution in [3.63, 3.8) is 0 Å². The summed E-state index contributed by atoms with van der Waals surface area (Å²) in [7, 11) is 0. The maximum absolute atomic E-state index is 14.2. The van der Waals surface area contributed by atoms with Crippen molar-refractivity contribution in [3.05, 3.63) is 87.4 Å². The van der Waals surface area contributed by atoms with Gasteiger partial charge in [0, 0.05) is 23.9 Å². The molecule has 1 aromatic carbocycles. The molecule has 0 aliphatic carbocycles. The normalized spacial score (nSPS) is 13.7. The standard InChI is InChI=1S/C26H26FN7O/c1-4-16-11-19-23(29-13-16)32-26(28)33-24(19)30-15(3)22-21(17-8-6-9-18(27)12-17)25(35)34-14(2)7-5-10-20(34)31-22/h5-10,12-13,15H,4,11H2,1-3H3,(H4,28,29,30,32,33). The number of nitrogens with two attached hydrogens (primary N) is 1. The van der Waals surface area contributed by atoms with Crippen LogP contribution in [-0.4, -0.2) is 19.4 Å². The molecule has 9 heteroatoms. The van der Waals surface area contributed by atoms with Crippen LogP contribution in [0.2, 0.25) is 0 Å². The second-order valence-electron chi connectivity index (χ2n) is 8.65. The number of hydrogen-bond acceptors (Lipinski definition) is 7. The minimum Gasteiger partial charge on any atom is -0.368 e. The van der Waals surface area contributed by atoms with Crippen LogP contribution in [-0.2, 0) is 6.42 Å². The van der Waals surface area contributed by atoms with Gasteiger partial charge in [0.25, 0.3) is 5.56 Å². The van der Waals surface area contributed by atoms with E-state index in [0.29, 0.717) is 40.5 Å². The molecule has 35 heavy (non-hydrogen) atoms. The van der Waals surface area contributed by atoms with Gasteiger partial charge >= 0.3 is 0 Å². The average Bonchev–Trinajstić information content (AvgIpc) is 2.83. The molecule has 1 atom stereocenters. The Morgan fingerprint density at radius 1 is 1.20 bits per heavy atom. The van der Waals surface area contributed by atoms with Crippen molar-refractivity contribution in [1.29, 1.82) is 0 Å². The fourth-order valence-corrected chi connectivity index (χ4v) is 4.44. The lowest BCUT2D eigenvalue weighted by Crippen LogP contribution is -2.25. The molecule has 1 aliphatic rings. The quantitative estimate of drug-likeness (QED) is 0.390. The first-order valence-corrected chi connectivity index (χ1v) is 11.5. The minimum absolute atomic E-state index is 0.131. The van der Waals surface area contributed by atoms with Gasteiger partial charge in [-0.1, -0.05) is 25.1 Å². The lowest BCUT2D eigenvalue weighted by molar-refractivity contribution is 0.628. The first-order chi connectivity index (χ1) is 16.9. The number of allylic oxidation sites excluding steroid dienone is 1. The van der Waals surface area contributed by atoms with Crippen molar-refractivity contribution < 1.29 is 4.39 Å². The maximum atomic E-state index is 14.2. The smallest absolute Gasteiger partial charge is 0.266 e. The van der Waals surface area contributed by atoms with Crippen molar-refractivity contribution in [3.8, 4) is 11.1 Å². The largest absolute Gasteiger partial charge is 0.368 e. The third-order valence-electron chi connectivity index (χ3n) is 6.24. The molecule has 4 heterocycles. The summed E-state index contributed by atoms with van der Waals surface area (Å²) in [6.07, 6.45) is 3.51. The summed E-state index contributed by atoms with van der Waals surface area (Å²) < 4.78 is 15.7. The second-order valence-corrected chi connectivity index (χ2v) is 8.65. The van der Waals surface area contributed by atoms with E-state index < -0.39 is 11.9 Å². The van der Waals surface area contributed by atoms with E-state index in [1.165, 1.54) is 17.7 Å². The van der Waals surface area contributed by atoms with Crippen LogP contribution in [0.3, 0.4) is 0 Å². The van der Waals surface area contributed by atoms with E-state index in [9.17, 15) is 9.18 Å². The third kappa shape index (κ3) is 4.09. The van der Waals surface area contributed by atoms with Crippen LogP contribution in [0.4, 0.5) is 22.0 Å². The van der Waals surface area contributed by atoms with Crippen molar-refractivity contribution in [1.82, 2.24) is 19.4 Å². The topological polar surface area (TPSA) is 110 Å². The highest BCUT2D eigenvalue weighted by molar-refractivity contribution is 5.70. The molecule has 0 saturated carbocycles. The molecule has 0 amide bonds. The van der Waals surface area contributed by atoms with Gasteiger partial charge in [0.05, 0.1) is 17.3 Å². The van der Waals surface area contributed by atoms with Gasteiger partial charge in [-0.05, 0) is 55.7 Å². The third-order valence-corrected chi connectivity index (χ3v) is 6.24. The summed E-state index contributed by atoms with van der Waals surface area (Å²) in [5, 5.41) is 6.60. The Labute approximate surface area is 201 Å². The van der Waals surface area contributed by atoms with Crippen molar-refractivity contribution in [2.45, 2.75) is 39.7 Å². The van der Waals surface area contributed by atoms with E-state index >= 15 is 0 Å². The van der Waals surface area contributed by atoms with Crippen molar-refractivity contribution >= 4 is 23.2 Å². The van der Waals surface area contributed by atoms with Gasteiger partial charge in [-0.3, -0.25) is 9.20 Å². The zero-order chi connectivity index (χ0) is 24.7. The van der Waals surface area contributed by atoms with E-state index in [0.717, 1.165) is 17.7 Å². The molecule has 8 nitrogen and oxygen atoms in total. The summed E-state index contributed by atoms with van der Waals surface area (Å²) in [6, 6.07) is 11.0. The molecule has 4 aromatic rings. The molecule has 0 saturated heterocycles. The van der Waals surface area contributed by atoms with E-state index in [2.05, 4.69) is 27.5 Å². The van der Waals surface area contributed by atoms with Crippen LogP contribution in [0.5, 0.6) is 0 Å². The van der Waals surface area contributed by atoms with Gasteiger partial charge in [-0.2, -0.15) is 9.97 Å². The molecule has 4 N–H and O–H groups in total. The Bertz CT molecular complexity index is 1540. The van der Waals surface area contributed by atoms with Crippen molar-refractivity contribution in [2.24, 2.45) is 0 Å². The molecule has 0 radical (unpaired) electrons. The summed E-state index contributed by atoms with van der Waals surface area (Å²) in [4.78, 5) is 27.3. The molecular formula is C26H26FN7O. The van der Waals surface area contributed by atoms with Gasteiger partial charge in [0.1, 0.15) is 23.1 Å². The summed E-state index contributed by atoms with van der Waals surface area (Å²) >= 11 is 0. The van der Waals surface area contributed by atoms with E-state index in [1.807, 2.05) is 32.2 Å². The zero-order valence-corrected chi connectivity index (χ0v) is 19.8. The number of nitrogen functional groups attached to an aromatic ring is 1. The number of fused-ring (bicyclic) bond motifs is 2. The molecule has 1 unspecified atom stereocenters. The van der Waals surface area contributed by atoms with Crippen LogP contribution in [0.15, 0.2) is 59.0 Å². The predicted octanol–water partition coefficient (Wildman–Crippen LogP) is 4.62. The summed E-state index contributed by atoms with van der Waals surface area (Å²) in [5.74, 6) is 0.928. The highest BCUT2D eigenvalue weighted by atomic mass is 19.1. The monoisotopic (exact) mass is 471 g/mol. The van der Waals surface area contributed by atoms with Crippen LogP contribution in [0, 0.1) is 12.7 Å². The van der Waals surface area contributed by atoms with Crippen LogP contribution < -0.4 is 21.9 Å². The highest BCUT2D eigenvalue weighted by Gasteiger charge is 2.24. The first kappa shape index (κ1) is 22.5. The second kappa shape index (κ2) is 8.83. The number of aryl methyl sites for hydroxylation is 1. The number of halogens is 1. The van der Waals surface area contributed by atoms with Gasteiger partial charge in [-0.25, -0.2) is 9.37 Å². The Hall–Kier alpha value is -4.27. The SMILES string of the molecule is CCC1=CNc2nc(N)nc(NC(C)c3nc4cccc(C)n4c(=O)c3-c3cccc(F)c3)c2C1. The number of rotatable bonds is 5. The highest BCUT2D eigenvalue weighted by Crippen LogP contribution is 2.33. The summed E-state index contributed by atoms with van der Waals surface area (Å²) in [5.41, 5.74) is 10.4. The number of hydrogen-bond donors (Lipinski definition) is 3. The van der Waals surface area contributed by atoms with Gasteiger partial charge < -0.3 is 16.4 Å². The molecule has 0 bridgehead atoms. The van der Waals surface area contributed by atoms with E-state index in [-0.39, 0.29) is 11.5 Å². The zero-order valence-electron chi connectivity index (χ0n) is 19.8. The molecule has 3 aromatic heterocycles. The molecule has 0 fully saturated rings. The van der Waals surface area contributed by atoms with E-state index in [4.69, 9.17) is 10.7 Å². The number of pyridine rings is 1. The number of nitrogens with one attached hydrogen (secondary N) is 2. The Balaban J connectivity index is 1.66. The Kier molecular flexibility index (Phi) is 5.68. The summed E-state index contributed by atoms with van der Waals surface area (Å²) in [6.45, 7) is 5.83. The Morgan fingerprint density at radius 3 is 2.77 bits per heavy atom. The molecule has 5 rings (SSSR count). The molecular weight excluding hydrogens is 445 g/mol. The minimum atomic E-state index is -0.444. The predicted molar refractivity (Wildman–Crippen MR) is 136 cm³/mol. The fourth-order valence-electron chi connectivity index (χ4n) is 4.44. The van der Waals surface area contributed by atoms with Crippen LogP contribution >= 0.6 is 0 Å².